The Morgan fingerprint density at radius 1 is 0.843 bits per heavy atom. The number of ether oxygens (including phenoxy) is 2. The lowest BCUT2D eigenvalue weighted by atomic mass is 9.71. The number of urea groups is 1. The van der Waals surface area contributed by atoms with Gasteiger partial charge in [-0.3, -0.25) is 19.6 Å². The summed E-state index contributed by atoms with van der Waals surface area (Å²) in [5, 5.41) is 1.01. The molecule has 9 nitrogen and oxygen atoms in total. The number of aliphatic imine (C=N–C) groups is 1. The second-order valence-corrected chi connectivity index (χ2v) is 14.0. The van der Waals surface area contributed by atoms with Crippen LogP contribution < -0.4 is 4.74 Å². The Hall–Kier alpha value is -3.84. The highest BCUT2D eigenvalue weighted by Crippen LogP contribution is 2.54. The number of amidine groups is 1. The number of carbonyl (C=O) groups is 2. The molecule has 2 saturated heterocycles. The first-order chi connectivity index (χ1) is 24.3. The first-order valence-electron chi connectivity index (χ1n) is 16.9. The summed E-state index contributed by atoms with van der Waals surface area (Å²) in [6.07, 6.45) is -4.62. The standard InChI is InChI=1S/C37H40Cl2F3N5O4/c1-4-51-31-23-27(37(40,41)42)9-14-30(31)33-43-35(2,25-5-10-28(38)11-6-25)36(3,26-7-12-29(39)13-8-26)47(33)34(49)46-17-15-44(16-18-46)24-32(48)45-19-21-50-22-20-45/h5-14,23H,4,15-22,24H2,1-3H3. The van der Waals surface area contributed by atoms with Crippen molar-refractivity contribution in [1.82, 2.24) is 19.6 Å². The van der Waals surface area contributed by atoms with Crippen molar-refractivity contribution in [2.75, 3.05) is 65.6 Å². The average Bonchev–Trinajstić information content (AvgIpc) is 3.36. The molecule has 0 spiro atoms. The molecule has 0 aliphatic carbocycles. The number of morpholine rings is 1. The topological polar surface area (TPSA) is 77.9 Å². The molecule has 3 aromatic carbocycles. The zero-order chi connectivity index (χ0) is 36.6. The molecule has 2 fully saturated rings. The number of benzene rings is 3. The monoisotopic (exact) mass is 745 g/mol. The molecular formula is C37H40Cl2F3N5O4. The molecule has 3 amide bonds. The van der Waals surface area contributed by atoms with Gasteiger partial charge < -0.3 is 19.3 Å². The van der Waals surface area contributed by atoms with E-state index >= 15 is 4.79 Å². The molecule has 14 heteroatoms. The molecule has 272 valence electrons. The number of alkyl halides is 3. The molecule has 2 atom stereocenters. The minimum absolute atomic E-state index is 0.0202. The molecule has 3 aliphatic rings. The second-order valence-electron chi connectivity index (χ2n) is 13.1. The van der Waals surface area contributed by atoms with Crippen LogP contribution >= 0.6 is 23.2 Å². The normalized spacial score (nSPS) is 23.0. The lowest BCUT2D eigenvalue weighted by Gasteiger charge is -2.47. The lowest BCUT2D eigenvalue weighted by molar-refractivity contribution is -0.138. The maximum atomic E-state index is 15.1. The van der Waals surface area contributed by atoms with Gasteiger partial charge in [0.1, 0.15) is 22.7 Å². The van der Waals surface area contributed by atoms with Gasteiger partial charge in [-0.25, -0.2) is 4.79 Å². The van der Waals surface area contributed by atoms with Crippen LogP contribution in [0.5, 0.6) is 5.75 Å². The Morgan fingerprint density at radius 2 is 1.43 bits per heavy atom. The van der Waals surface area contributed by atoms with Crippen molar-refractivity contribution < 1.29 is 32.2 Å². The summed E-state index contributed by atoms with van der Waals surface area (Å²) in [5.74, 6) is 0.137. The van der Waals surface area contributed by atoms with Gasteiger partial charge in [0.2, 0.25) is 5.91 Å². The highest BCUT2D eigenvalue weighted by molar-refractivity contribution is 6.30. The number of piperazine rings is 1. The van der Waals surface area contributed by atoms with Crippen LogP contribution in [0.25, 0.3) is 0 Å². The van der Waals surface area contributed by atoms with Crippen LogP contribution in [-0.2, 0) is 26.8 Å². The van der Waals surface area contributed by atoms with E-state index < -0.39 is 22.8 Å². The predicted octanol–water partition coefficient (Wildman–Crippen LogP) is 6.90. The van der Waals surface area contributed by atoms with Gasteiger partial charge in [-0.2, -0.15) is 13.2 Å². The van der Waals surface area contributed by atoms with Crippen LogP contribution in [0.2, 0.25) is 10.0 Å². The summed E-state index contributed by atoms with van der Waals surface area (Å²) >= 11 is 12.6. The minimum atomic E-state index is -4.62. The van der Waals surface area contributed by atoms with E-state index in [1.165, 1.54) is 6.07 Å². The van der Waals surface area contributed by atoms with Crippen molar-refractivity contribution >= 4 is 41.0 Å². The Labute approximate surface area is 305 Å². The lowest BCUT2D eigenvalue weighted by Crippen LogP contribution is -2.61. The molecule has 0 N–H and O–H groups in total. The van der Waals surface area contributed by atoms with Crippen LogP contribution in [-0.4, -0.2) is 103 Å². The second kappa shape index (κ2) is 14.7. The van der Waals surface area contributed by atoms with Gasteiger partial charge in [-0.05, 0) is 74.4 Å². The first-order valence-corrected chi connectivity index (χ1v) is 17.6. The van der Waals surface area contributed by atoms with Crippen LogP contribution in [0.3, 0.4) is 0 Å². The van der Waals surface area contributed by atoms with Gasteiger partial charge in [0.25, 0.3) is 0 Å². The number of hydrogen-bond acceptors (Lipinski definition) is 6. The summed E-state index contributed by atoms with van der Waals surface area (Å²) in [6.45, 7) is 9.49. The van der Waals surface area contributed by atoms with E-state index in [1.54, 1.807) is 45.9 Å². The zero-order valence-electron chi connectivity index (χ0n) is 28.7. The van der Waals surface area contributed by atoms with Gasteiger partial charge in [0.05, 0.1) is 37.5 Å². The molecule has 6 rings (SSSR count). The highest BCUT2D eigenvalue weighted by atomic mass is 35.5. The van der Waals surface area contributed by atoms with E-state index in [0.717, 1.165) is 17.7 Å². The van der Waals surface area contributed by atoms with Crippen molar-refractivity contribution in [2.45, 2.75) is 38.0 Å². The predicted molar refractivity (Wildman–Crippen MR) is 189 cm³/mol. The minimum Gasteiger partial charge on any atom is -0.493 e. The van der Waals surface area contributed by atoms with Crippen molar-refractivity contribution in [3.63, 3.8) is 0 Å². The third-order valence-electron chi connectivity index (χ3n) is 10.2. The first kappa shape index (κ1) is 36.9. The van der Waals surface area contributed by atoms with Gasteiger partial charge >= 0.3 is 12.2 Å². The smallest absolute Gasteiger partial charge is 0.416 e. The molecule has 0 bridgehead atoms. The van der Waals surface area contributed by atoms with E-state index in [1.807, 2.05) is 43.0 Å². The van der Waals surface area contributed by atoms with Crippen LogP contribution in [0.4, 0.5) is 18.0 Å². The summed E-state index contributed by atoms with van der Waals surface area (Å²) in [5.41, 5.74) is -1.60. The number of hydrogen-bond donors (Lipinski definition) is 0. The van der Waals surface area contributed by atoms with E-state index in [0.29, 0.717) is 68.1 Å². The summed E-state index contributed by atoms with van der Waals surface area (Å²) in [6, 6.07) is 17.2. The third kappa shape index (κ3) is 7.16. The Bertz CT molecular complexity index is 1780. The summed E-state index contributed by atoms with van der Waals surface area (Å²) in [7, 11) is 0. The van der Waals surface area contributed by atoms with Crippen molar-refractivity contribution in [3.8, 4) is 5.75 Å². The number of amides is 3. The Kier molecular flexibility index (Phi) is 10.6. The Morgan fingerprint density at radius 3 is 2.00 bits per heavy atom. The molecule has 0 aromatic heterocycles. The fourth-order valence-electron chi connectivity index (χ4n) is 7.07. The van der Waals surface area contributed by atoms with Gasteiger partial charge in [0, 0.05) is 49.3 Å². The zero-order valence-corrected chi connectivity index (χ0v) is 30.2. The van der Waals surface area contributed by atoms with E-state index in [2.05, 4.69) is 0 Å². The molecule has 0 saturated carbocycles. The van der Waals surface area contributed by atoms with Crippen molar-refractivity contribution in [2.24, 2.45) is 4.99 Å². The van der Waals surface area contributed by atoms with Gasteiger partial charge in [0.15, 0.2) is 0 Å². The van der Waals surface area contributed by atoms with Gasteiger partial charge in [-0.1, -0.05) is 47.5 Å². The Balaban J connectivity index is 1.44. The SMILES string of the molecule is CCOc1cc(C(F)(F)F)ccc1C1=NC(C)(c2ccc(Cl)cc2)C(C)(c2ccc(Cl)cc2)N1C(=O)N1CCN(CC(=O)N2CCOCC2)CC1. The molecule has 2 unspecified atom stereocenters. The molecular weight excluding hydrogens is 706 g/mol. The van der Waals surface area contributed by atoms with Crippen molar-refractivity contribution in [1.29, 1.82) is 0 Å². The molecule has 3 aliphatic heterocycles. The summed E-state index contributed by atoms with van der Waals surface area (Å²) in [4.78, 5) is 40.4. The van der Waals surface area contributed by atoms with E-state index in [9.17, 15) is 18.0 Å². The average molecular weight is 747 g/mol. The van der Waals surface area contributed by atoms with Crippen molar-refractivity contribution in [3.05, 3.63) is 99.0 Å². The fraction of sp³-hybridized carbons (Fsp3) is 0.432. The maximum absolute atomic E-state index is 15.1. The number of rotatable bonds is 7. The molecule has 0 radical (unpaired) electrons. The molecule has 51 heavy (non-hydrogen) atoms. The largest absolute Gasteiger partial charge is 0.493 e. The summed E-state index contributed by atoms with van der Waals surface area (Å²) < 4.78 is 53.0. The number of halogens is 5. The molecule has 3 heterocycles. The maximum Gasteiger partial charge on any atom is 0.416 e. The quantitative estimate of drug-likeness (QED) is 0.263. The molecule has 3 aromatic rings. The number of nitrogens with zero attached hydrogens (tertiary/aromatic N) is 5. The third-order valence-corrected chi connectivity index (χ3v) is 10.7. The van der Waals surface area contributed by atoms with Crippen LogP contribution in [0.1, 0.15) is 43.0 Å². The van der Waals surface area contributed by atoms with Gasteiger partial charge in [-0.15, -0.1) is 0 Å². The van der Waals surface area contributed by atoms with E-state index in [-0.39, 0.29) is 42.2 Å². The highest BCUT2D eigenvalue weighted by Gasteiger charge is 2.60. The number of carbonyl (C=O) groups excluding carboxylic acids is 2. The van der Waals surface area contributed by atoms with Crippen LogP contribution in [0.15, 0.2) is 71.7 Å². The van der Waals surface area contributed by atoms with Crippen LogP contribution in [0, 0.1) is 0 Å². The fourth-order valence-corrected chi connectivity index (χ4v) is 7.32. The van der Waals surface area contributed by atoms with E-state index in [4.69, 9.17) is 37.7 Å².